The van der Waals surface area contributed by atoms with E-state index >= 15 is 0 Å². The van der Waals surface area contributed by atoms with Crippen LogP contribution < -0.4 is 0 Å². The highest BCUT2D eigenvalue weighted by atomic mass is 16.3. The molecule has 1 N–H and O–H groups in total. The van der Waals surface area contributed by atoms with Crippen molar-refractivity contribution in [2.45, 2.75) is 19.6 Å². The minimum Gasteiger partial charge on any atom is -0.378 e. The Labute approximate surface area is 139 Å². The molecule has 0 bridgehead atoms. The highest BCUT2D eigenvalue weighted by Crippen LogP contribution is 2.21. The monoisotopic (exact) mass is 310 g/mol. The molecule has 3 heteroatoms. The first-order valence-electron chi connectivity index (χ1n) is 8.38. The number of piperazine rings is 1. The van der Waals surface area contributed by atoms with Gasteiger partial charge in [-0.1, -0.05) is 54.1 Å². The highest BCUT2D eigenvalue weighted by molar-refractivity contribution is 5.64. The molecule has 122 valence electrons. The third-order valence-electron chi connectivity index (χ3n) is 4.68. The summed E-state index contributed by atoms with van der Waals surface area (Å²) in [4.78, 5) is 4.48. The van der Waals surface area contributed by atoms with Crippen LogP contribution in [0.15, 0.2) is 48.5 Å². The second-order valence-electron chi connectivity index (χ2n) is 6.59. The Morgan fingerprint density at radius 3 is 2.30 bits per heavy atom. The van der Waals surface area contributed by atoms with Crippen molar-refractivity contribution >= 4 is 0 Å². The number of hydrogen-bond acceptors (Lipinski definition) is 3. The van der Waals surface area contributed by atoms with Gasteiger partial charge in [-0.2, -0.15) is 0 Å². The SMILES string of the molecule is Cc1cccc(-c2ccc(CC(O)N3CCN(C)CC3)cc2)c1. The Hall–Kier alpha value is -1.68. The predicted octanol–water partition coefficient (Wildman–Crippen LogP) is 2.77. The Bertz CT molecular complexity index is 630. The maximum absolute atomic E-state index is 10.4. The summed E-state index contributed by atoms with van der Waals surface area (Å²) in [6.45, 7) is 6.06. The summed E-state index contributed by atoms with van der Waals surface area (Å²) in [7, 11) is 2.13. The van der Waals surface area contributed by atoms with Crippen LogP contribution in [0.3, 0.4) is 0 Å². The fourth-order valence-corrected chi connectivity index (χ4v) is 3.12. The van der Waals surface area contributed by atoms with Gasteiger partial charge in [-0.15, -0.1) is 0 Å². The van der Waals surface area contributed by atoms with Gasteiger partial charge in [0.1, 0.15) is 6.23 Å². The molecular formula is C20H26N2O. The molecule has 0 radical (unpaired) electrons. The van der Waals surface area contributed by atoms with Crippen LogP contribution in [0.25, 0.3) is 11.1 Å². The normalized spacial score (nSPS) is 18.0. The number of aliphatic hydroxyl groups excluding tert-OH is 1. The number of likely N-dealkylation sites (N-methyl/N-ethyl adjacent to an activating group) is 1. The lowest BCUT2D eigenvalue weighted by atomic mass is 10.0. The van der Waals surface area contributed by atoms with E-state index in [0.717, 1.165) is 26.2 Å². The third kappa shape index (κ3) is 4.20. The van der Waals surface area contributed by atoms with E-state index < -0.39 is 0 Å². The summed E-state index contributed by atoms with van der Waals surface area (Å²) >= 11 is 0. The number of aliphatic hydroxyl groups is 1. The molecule has 2 aromatic carbocycles. The third-order valence-corrected chi connectivity index (χ3v) is 4.68. The smallest absolute Gasteiger partial charge is 0.111 e. The van der Waals surface area contributed by atoms with Gasteiger partial charge in [0.15, 0.2) is 0 Å². The molecule has 0 spiro atoms. The molecule has 0 saturated carbocycles. The van der Waals surface area contributed by atoms with E-state index in [-0.39, 0.29) is 6.23 Å². The van der Waals surface area contributed by atoms with Gasteiger partial charge in [-0.25, -0.2) is 0 Å². The topological polar surface area (TPSA) is 26.7 Å². The molecule has 1 fully saturated rings. The van der Waals surface area contributed by atoms with E-state index in [1.54, 1.807) is 0 Å². The van der Waals surface area contributed by atoms with E-state index in [1.165, 1.54) is 22.3 Å². The van der Waals surface area contributed by atoms with E-state index in [4.69, 9.17) is 0 Å². The van der Waals surface area contributed by atoms with Crippen molar-refractivity contribution in [2.75, 3.05) is 33.2 Å². The number of hydrogen-bond donors (Lipinski definition) is 1. The number of rotatable bonds is 4. The van der Waals surface area contributed by atoms with Crippen LogP contribution >= 0.6 is 0 Å². The molecule has 3 nitrogen and oxygen atoms in total. The molecule has 1 unspecified atom stereocenters. The number of nitrogens with zero attached hydrogens (tertiary/aromatic N) is 2. The van der Waals surface area contributed by atoms with E-state index in [0.29, 0.717) is 6.42 Å². The van der Waals surface area contributed by atoms with Crippen molar-refractivity contribution < 1.29 is 5.11 Å². The fourth-order valence-electron chi connectivity index (χ4n) is 3.12. The quantitative estimate of drug-likeness (QED) is 0.941. The van der Waals surface area contributed by atoms with Gasteiger partial charge < -0.3 is 10.0 Å². The van der Waals surface area contributed by atoms with Crippen molar-refractivity contribution in [3.63, 3.8) is 0 Å². The lowest BCUT2D eigenvalue weighted by molar-refractivity contribution is -0.0203. The predicted molar refractivity (Wildman–Crippen MR) is 95.4 cm³/mol. The molecule has 1 aliphatic rings. The van der Waals surface area contributed by atoms with Crippen molar-refractivity contribution in [3.8, 4) is 11.1 Å². The summed E-state index contributed by atoms with van der Waals surface area (Å²) < 4.78 is 0. The van der Waals surface area contributed by atoms with E-state index in [1.807, 2.05) is 0 Å². The van der Waals surface area contributed by atoms with Gasteiger partial charge in [-0.05, 0) is 30.7 Å². The zero-order valence-corrected chi connectivity index (χ0v) is 14.1. The second-order valence-corrected chi connectivity index (χ2v) is 6.59. The zero-order chi connectivity index (χ0) is 16.2. The first-order chi connectivity index (χ1) is 11.1. The number of benzene rings is 2. The average molecular weight is 310 g/mol. The van der Waals surface area contributed by atoms with E-state index in [2.05, 4.69) is 72.3 Å². The molecule has 1 saturated heterocycles. The Kier molecular flexibility index (Phi) is 5.11. The zero-order valence-electron chi connectivity index (χ0n) is 14.1. The minimum atomic E-state index is -0.381. The molecule has 0 amide bonds. The summed E-state index contributed by atoms with van der Waals surface area (Å²) in [5.41, 5.74) is 4.94. The molecular weight excluding hydrogens is 284 g/mol. The number of aryl methyl sites for hydroxylation is 1. The molecule has 1 aliphatic heterocycles. The molecule has 2 aromatic rings. The van der Waals surface area contributed by atoms with Crippen LogP contribution in [0.4, 0.5) is 0 Å². The molecule has 1 atom stereocenters. The Balaban J connectivity index is 1.63. The van der Waals surface area contributed by atoms with Crippen LogP contribution in [-0.2, 0) is 6.42 Å². The average Bonchev–Trinajstić information content (AvgIpc) is 2.56. The van der Waals surface area contributed by atoms with Crippen molar-refractivity contribution in [1.29, 1.82) is 0 Å². The summed E-state index contributed by atoms with van der Waals surface area (Å²) in [6, 6.07) is 17.1. The molecule has 3 rings (SSSR count). The van der Waals surface area contributed by atoms with Crippen molar-refractivity contribution in [3.05, 3.63) is 59.7 Å². The summed E-state index contributed by atoms with van der Waals surface area (Å²) in [5, 5.41) is 10.4. The van der Waals surface area contributed by atoms with Crippen LogP contribution in [0.1, 0.15) is 11.1 Å². The molecule has 0 aliphatic carbocycles. The maximum atomic E-state index is 10.4. The lowest BCUT2D eigenvalue weighted by Gasteiger charge is -2.35. The van der Waals surface area contributed by atoms with Gasteiger partial charge in [-0.3, -0.25) is 4.90 Å². The van der Waals surface area contributed by atoms with Gasteiger partial charge in [0.2, 0.25) is 0 Å². The summed E-state index contributed by atoms with van der Waals surface area (Å²) in [6.07, 6.45) is 0.311. The fraction of sp³-hybridized carbons (Fsp3) is 0.400. The van der Waals surface area contributed by atoms with Crippen molar-refractivity contribution in [1.82, 2.24) is 9.80 Å². The Morgan fingerprint density at radius 2 is 1.65 bits per heavy atom. The van der Waals surface area contributed by atoms with Crippen molar-refractivity contribution in [2.24, 2.45) is 0 Å². The first kappa shape index (κ1) is 16.2. The van der Waals surface area contributed by atoms with Crippen LogP contribution in [0, 0.1) is 6.92 Å². The molecule has 23 heavy (non-hydrogen) atoms. The van der Waals surface area contributed by atoms with Crippen LogP contribution in [0.2, 0.25) is 0 Å². The first-order valence-corrected chi connectivity index (χ1v) is 8.38. The second kappa shape index (κ2) is 7.26. The molecule has 1 heterocycles. The lowest BCUT2D eigenvalue weighted by Crippen LogP contribution is -2.49. The highest BCUT2D eigenvalue weighted by Gasteiger charge is 2.20. The summed E-state index contributed by atoms with van der Waals surface area (Å²) in [5.74, 6) is 0. The van der Waals surface area contributed by atoms with E-state index in [9.17, 15) is 5.11 Å². The Morgan fingerprint density at radius 1 is 0.957 bits per heavy atom. The van der Waals surface area contributed by atoms with Crippen LogP contribution in [-0.4, -0.2) is 54.4 Å². The standard InChI is InChI=1S/C20H26N2O/c1-16-4-3-5-19(14-16)18-8-6-17(7-9-18)15-20(23)22-12-10-21(2)11-13-22/h3-9,14,20,23H,10-13,15H2,1-2H3. The van der Waals surface area contributed by atoms with Gasteiger partial charge >= 0.3 is 0 Å². The van der Waals surface area contributed by atoms with Crippen LogP contribution in [0.5, 0.6) is 0 Å². The van der Waals surface area contributed by atoms with Gasteiger partial charge in [0.05, 0.1) is 0 Å². The van der Waals surface area contributed by atoms with Gasteiger partial charge in [0, 0.05) is 32.6 Å². The minimum absolute atomic E-state index is 0.381. The maximum Gasteiger partial charge on any atom is 0.111 e. The van der Waals surface area contributed by atoms with Gasteiger partial charge in [0.25, 0.3) is 0 Å². The largest absolute Gasteiger partial charge is 0.378 e. The molecule has 0 aromatic heterocycles.